The number of aromatic nitrogens is 3. The average Bonchev–Trinajstić information content (AvgIpc) is 3.23. The fourth-order valence-electron chi connectivity index (χ4n) is 3.18. The van der Waals surface area contributed by atoms with Crippen LogP contribution in [0, 0.1) is 19.8 Å². The van der Waals surface area contributed by atoms with Crippen molar-refractivity contribution in [2.75, 3.05) is 13.2 Å². The van der Waals surface area contributed by atoms with Crippen molar-refractivity contribution >= 4 is 5.91 Å². The van der Waals surface area contributed by atoms with Gasteiger partial charge < -0.3 is 19.1 Å². The number of carbonyl (C=O) groups excluding carboxylic acids is 1. The van der Waals surface area contributed by atoms with Gasteiger partial charge in [-0.3, -0.25) is 4.79 Å². The first-order valence-electron chi connectivity index (χ1n) is 9.08. The average molecular weight is 362 g/mol. The maximum absolute atomic E-state index is 12.7. The molecule has 2 aromatic rings. The van der Waals surface area contributed by atoms with E-state index in [1.807, 2.05) is 27.7 Å². The molecule has 3 heterocycles. The molecule has 1 amide bonds. The molecule has 1 saturated heterocycles. The first kappa shape index (κ1) is 18.6. The highest BCUT2D eigenvalue weighted by Crippen LogP contribution is 2.30. The summed E-state index contributed by atoms with van der Waals surface area (Å²) in [5.74, 6) is 2.05. The fraction of sp³-hybridized carbons (Fsp3) is 0.667. The largest absolute Gasteiger partial charge is 0.381 e. The number of carbonyl (C=O) groups is 1. The van der Waals surface area contributed by atoms with Crippen molar-refractivity contribution < 1.29 is 18.6 Å². The van der Waals surface area contributed by atoms with E-state index in [9.17, 15) is 4.79 Å². The summed E-state index contributed by atoms with van der Waals surface area (Å²) >= 11 is 0. The Hall–Kier alpha value is -2.22. The van der Waals surface area contributed by atoms with Crippen molar-refractivity contribution in [1.82, 2.24) is 20.6 Å². The summed E-state index contributed by atoms with van der Waals surface area (Å²) in [5.41, 5.74) is 1.56. The summed E-state index contributed by atoms with van der Waals surface area (Å²) in [4.78, 5) is 17.2. The number of amides is 1. The van der Waals surface area contributed by atoms with Crippen molar-refractivity contribution in [3.05, 3.63) is 28.7 Å². The summed E-state index contributed by atoms with van der Waals surface area (Å²) in [5, 5.41) is 11.0. The Morgan fingerprint density at radius 1 is 1.19 bits per heavy atom. The molecule has 2 aromatic heterocycles. The van der Waals surface area contributed by atoms with Crippen molar-refractivity contribution in [3.8, 4) is 0 Å². The van der Waals surface area contributed by atoms with Crippen molar-refractivity contribution in [1.29, 1.82) is 0 Å². The third-order valence-corrected chi connectivity index (χ3v) is 4.81. The highest BCUT2D eigenvalue weighted by atomic mass is 16.5. The van der Waals surface area contributed by atoms with E-state index in [1.165, 1.54) is 0 Å². The van der Waals surface area contributed by atoms with E-state index in [0.717, 1.165) is 24.1 Å². The summed E-state index contributed by atoms with van der Waals surface area (Å²) < 4.78 is 16.1. The Morgan fingerprint density at radius 3 is 2.50 bits per heavy atom. The monoisotopic (exact) mass is 362 g/mol. The summed E-state index contributed by atoms with van der Waals surface area (Å²) in [6, 6.07) is -0.313. The Labute approximate surface area is 152 Å². The molecule has 8 heteroatoms. The first-order valence-corrected chi connectivity index (χ1v) is 9.08. The van der Waals surface area contributed by atoms with E-state index in [-0.39, 0.29) is 30.2 Å². The Kier molecular flexibility index (Phi) is 5.70. The van der Waals surface area contributed by atoms with Gasteiger partial charge in [-0.05, 0) is 32.6 Å². The van der Waals surface area contributed by atoms with E-state index in [0.29, 0.717) is 30.7 Å². The minimum Gasteiger partial charge on any atom is -0.381 e. The zero-order chi connectivity index (χ0) is 18.7. The molecule has 0 unspecified atom stereocenters. The van der Waals surface area contributed by atoms with Gasteiger partial charge in [-0.1, -0.05) is 24.2 Å². The van der Waals surface area contributed by atoms with Crippen LogP contribution >= 0.6 is 0 Å². The number of nitrogens with zero attached hydrogens (tertiary/aromatic N) is 3. The first-order chi connectivity index (χ1) is 12.5. The zero-order valence-corrected chi connectivity index (χ0v) is 15.7. The lowest BCUT2D eigenvalue weighted by Crippen LogP contribution is -2.37. The second-order valence-corrected chi connectivity index (χ2v) is 7.12. The Bertz CT molecular complexity index is 727. The van der Waals surface area contributed by atoms with Crippen LogP contribution in [-0.4, -0.2) is 34.4 Å². The third kappa shape index (κ3) is 4.12. The third-order valence-electron chi connectivity index (χ3n) is 4.81. The highest BCUT2D eigenvalue weighted by Gasteiger charge is 2.32. The molecule has 0 bridgehead atoms. The van der Waals surface area contributed by atoms with Crippen molar-refractivity contribution in [3.63, 3.8) is 0 Å². The molecule has 142 valence electrons. The van der Waals surface area contributed by atoms with Crippen LogP contribution in [0.1, 0.15) is 67.4 Å². The minimum atomic E-state index is -0.313. The second-order valence-electron chi connectivity index (χ2n) is 7.12. The number of nitrogens with one attached hydrogen (secondary N) is 1. The molecular formula is C18H26N4O4. The minimum absolute atomic E-state index is 0.111. The van der Waals surface area contributed by atoms with Gasteiger partial charge in [0.05, 0.1) is 12.1 Å². The van der Waals surface area contributed by atoms with Crippen LogP contribution in [0.15, 0.2) is 9.05 Å². The molecule has 0 aliphatic carbocycles. The number of aryl methyl sites for hydroxylation is 2. The van der Waals surface area contributed by atoms with Gasteiger partial charge in [0.1, 0.15) is 11.8 Å². The SMILES string of the molecule is Cc1noc(C)c1CC(=O)N[C@@H](c1nc(C(C)C)no1)C1CCOCC1. The summed E-state index contributed by atoms with van der Waals surface area (Å²) in [7, 11) is 0. The van der Waals surface area contributed by atoms with Gasteiger partial charge in [0.2, 0.25) is 11.8 Å². The standard InChI is InChI=1S/C18H26N4O4/c1-10(2)17-20-18(26-22-17)16(13-5-7-24-8-6-13)19-15(23)9-14-11(3)21-25-12(14)4/h10,13,16H,5-9H2,1-4H3,(H,19,23)/t16-/m1/s1. The maximum Gasteiger partial charge on any atom is 0.249 e. The molecule has 1 aliphatic heterocycles. The number of rotatable bonds is 6. The smallest absolute Gasteiger partial charge is 0.249 e. The van der Waals surface area contributed by atoms with E-state index >= 15 is 0 Å². The van der Waals surface area contributed by atoms with Crippen LogP contribution < -0.4 is 5.32 Å². The second kappa shape index (κ2) is 7.99. The highest BCUT2D eigenvalue weighted by molar-refractivity contribution is 5.79. The van der Waals surface area contributed by atoms with Crippen molar-refractivity contribution in [2.24, 2.45) is 5.92 Å². The van der Waals surface area contributed by atoms with Crippen LogP contribution in [0.3, 0.4) is 0 Å². The van der Waals surface area contributed by atoms with E-state index < -0.39 is 0 Å². The van der Waals surface area contributed by atoms with E-state index in [2.05, 4.69) is 20.6 Å². The fourth-order valence-corrected chi connectivity index (χ4v) is 3.18. The van der Waals surface area contributed by atoms with Crippen LogP contribution in [-0.2, 0) is 16.0 Å². The number of hydrogen-bond donors (Lipinski definition) is 1. The van der Waals surface area contributed by atoms with Gasteiger partial charge in [-0.15, -0.1) is 0 Å². The molecule has 26 heavy (non-hydrogen) atoms. The molecule has 3 rings (SSSR count). The quantitative estimate of drug-likeness (QED) is 0.842. The zero-order valence-electron chi connectivity index (χ0n) is 15.7. The molecular weight excluding hydrogens is 336 g/mol. The molecule has 1 aliphatic rings. The maximum atomic E-state index is 12.7. The molecule has 1 atom stereocenters. The molecule has 0 radical (unpaired) electrons. The van der Waals surface area contributed by atoms with Gasteiger partial charge >= 0.3 is 0 Å². The lowest BCUT2D eigenvalue weighted by Gasteiger charge is -2.28. The van der Waals surface area contributed by atoms with Gasteiger partial charge in [-0.2, -0.15) is 4.98 Å². The van der Waals surface area contributed by atoms with Crippen LogP contribution in [0.25, 0.3) is 0 Å². The molecule has 0 spiro atoms. The van der Waals surface area contributed by atoms with Crippen LogP contribution in [0.4, 0.5) is 0 Å². The molecule has 1 N–H and O–H groups in total. The van der Waals surface area contributed by atoms with E-state index in [4.69, 9.17) is 13.8 Å². The lowest BCUT2D eigenvalue weighted by atomic mass is 9.91. The number of ether oxygens (including phenoxy) is 1. The topological polar surface area (TPSA) is 103 Å². The Balaban J connectivity index is 1.77. The molecule has 0 saturated carbocycles. The predicted octanol–water partition coefficient (Wildman–Crippen LogP) is 2.62. The molecule has 1 fully saturated rings. The van der Waals surface area contributed by atoms with Gasteiger partial charge in [0.25, 0.3) is 0 Å². The summed E-state index contributed by atoms with van der Waals surface area (Å²) in [6.45, 7) is 9.01. The molecule has 0 aromatic carbocycles. The number of hydrogen-bond acceptors (Lipinski definition) is 7. The van der Waals surface area contributed by atoms with E-state index in [1.54, 1.807) is 0 Å². The van der Waals surface area contributed by atoms with Crippen LogP contribution in [0.2, 0.25) is 0 Å². The van der Waals surface area contributed by atoms with Crippen LogP contribution in [0.5, 0.6) is 0 Å². The predicted molar refractivity (Wildman–Crippen MR) is 92.5 cm³/mol. The summed E-state index contributed by atoms with van der Waals surface area (Å²) in [6.07, 6.45) is 1.90. The van der Waals surface area contributed by atoms with Gasteiger partial charge in [0.15, 0.2) is 5.82 Å². The van der Waals surface area contributed by atoms with Gasteiger partial charge in [0, 0.05) is 24.7 Å². The normalized spacial score (nSPS) is 16.8. The van der Waals surface area contributed by atoms with Gasteiger partial charge in [-0.25, -0.2) is 0 Å². The Morgan fingerprint density at radius 2 is 1.92 bits per heavy atom. The molecule has 8 nitrogen and oxygen atoms in total. The van der Waals surface area contributed by atoms with Crippen molar-refractivity contribution in [2.45, 2.75) is 58.9 Å². The lowest BCUT2D eigenvalue weighted by molar-refractivity contribution is -0.122.